The highest BCUT2D eigenvalue weighted by Gasteiger charge is 2.45. The van der Waals surface area contributed by atoms with E-state index < -0.39 is 15.7 Å². The normalized spacial score (nSPS) is 28.7. The van der Waals surface area contributed by atoms with Crippen LogP contribution in [0.4, 0.5) is 4.79 Å². The topological polar surface area (TPSA) is 85.3 Å². The second kappa shape index (κ2) is 6.47. The van der Waals surface area contributed by atoms with E-state index in [4.69, 9.17) is 16.3 Å². The highest BCUT2D eigenvalue weighted by atomic mass is 35.5. The van der Waals surface area contributed by atoms with Gasteiger partial charge in [-0.05, 0) is 46.5 Å². The Hall–Kier alpha value is -1.02. The smallest absolute Gasteiger partial charge is 0.410 e. The van der Waals surface area contributed by atoms with E-state index in [-0.39, 0.29) is 29.3 Å². The van der Waals surface area contributed by atoms with E-state index in [0.717, 1.165) is 19.1 Å². The van der Waals surface area contributed by atoms with Gasteiger partial charge in [0.15, 0.2) is 0 Å². The lowest BCUT2D eigenvalue weighted by Crippen LogP contribution is -2.49. The molecule has 2 saturated heterocycles. The van der Waals surface area contributed by atoms with E-state index in [2.05, 4.69) is 9.44 Å². The van der Waals surface area contributed by atoms with Crippen LogP contribution >= 0.6 is 11.6 Å². The number of halogens is 1. The van der Waals surface area contributed by atoms with Crippen LogP contribution in [0.25, 0.3) is 0 Å². The fourth-order valence-corrected chi connectivity index (χ4v) is 3.63. The Kier molecular flexibility index (Phi) is 5.15. The maximum atomic E-state index is 12.3. The van der Waals surface area contributed by atoms with Crippen molar-refractivity contribution in [3.63, 3.8) is 0 Å². The van der Waals surface area contributed by atoms with Gasteiger partial charge >= 0.3 is 16.2 Å². The van der Waals surface area contributed by atoms with Gasteiger partial charge in [0, 0.05) is 18.0 Å². The van der Waals surface area contributed by atoms with Gasteiger partial charge < -0.3 is 9.64 Å². The third kappa shape index (κ3) is 4.97. The lowest BCUT2D eigenvalue weighted by atomic mass is 9.92. The van der Waals surface area contributed by atoms with E-state index in [9.17, 15) is 13.2 Å². The van der Waals surface area contributed by atoms with Gasteiger partial charge in [-0.25, -0.2) is 4.79 Å². The van der Waals surface area contributed by atoms with Crippen LogP contribution < -0.4 is 0 Å². The SMILES string of the molecule is CC(C)(C)OC(=O)N1C2CCC1CC(C(Cl)=NOS(C)(=O)=O)C2. The predicted octanol–water partition coefficient (Wildman–Crippen LogP) is 2.69. The maximum Gasteiger partial charge on any atom is 0.410 e. The molecular weight excluding hydrogens is 344 g/mol. The van der Waals surface area contributed by atoms with Crippen LogP contribution in [0.3, 0.4) is 0 Å². The summed E-state index contributed by atoms with van der Waals surface area (Å²) >= 11 is 6.08. The number of carbonyl (C=O) groups excluding carboxylic acids is 1. The highest BCUT2D eigenvalue weighted by molar-refractivity contribution is 7.85. The molecule has 9 heteroatoms. The van der Waals surface area contributed by atoms with Crippen LogP contribution in [0.1, 0.15) is 46.5 Å². The molecule has 0 aromatic carbocycles. The molecule has 0 N–H and O–H groups in total. The number of carbonyl (C=O) groups is 1. The summed E-state index contributed by atoms with van der Waals surface area (Å²) in [4.78, 5) is 14.1. The minimum atomic E-state index is -3.67. The minimum Gasteiger partial charge on any atom is -0.444 e. The zero-order valence-corrected chi connectivity index (χ0v) is 15.4. The minimum absolute atomic E-state index is 0.0378. The molecule has 0 saturated carbocycles. The number of fused-ring (bicyclic) bond motifs is 2. The van der Waals surface area contributed by atoms with Crippen LogP contribution in [0.2, 0.25) is 0 Å². The highest BCUT2D eigenvalue weighted by Crippen LogP contribution is 2.40. The second-order valence-electron chi connectivity index (χ2n) is 7.13. The van der Waals surface area contributed by atoms with Crippen LogP contribution in [0.15, 0.2) is 5.16 Å². The Morgan fingerprint density at radius 3 is 2.17 bits per heavy atom. The number of amides is 1. The van der Waals surface area contributed by atoms with Gasteiger partial charge in [0.1, 0.15) is 10.8 Å². The number of hydrogen-bond donors (Lipinski definition) is 0. The lowest BCUT2D eigenvalue weighted by molar-refractivity contribution is 0.00534. The largest absolute Gasteiger partial charge is 0.444 e. The van der Waals surface area contributed by atoms with Gasteiger partial charge in [0.25, 0.3) is 0 Å². The second-order valence-corrected chi connectivity index (χ2v) is 9.08. The molecule has 2 atom stereocenters. The average molecular weight is 367 g/mol. The average Bonchev–Trinajstić information content (AvgIpc) is 2.64. The lowest BCUT2D eigenvalue weighted by Gasteiger charge is -2.38. The first-order valence-corrected chi connectivity index (χ1v) is 9.79. The van der Waals surface area contributed by atoms with Crippen molar-refractivity contribution in [2.75, 3.05) is 6.26 Å². The third-order valence-electron chi connectivity index (χ3n) is 3.93. The van der Waals surface area contributed by atoms with Crippen LogP contribution in [0.5, 0.6) is 0 Å². The Labute approximate surface area is 142 Å². The number of nitrogens with zero attached hydrogens (tertiary/aromatic N) is 2. The number of hydrogen-bond acceptors (Lipinski definition) is 6. The molecule has 132 valence electrons. The van der Waals surface area contributed by atoms with Crippen molar-refractivity contribution >= 4 is 33.0 Å². The summed E-state index contributed by atoms with van der Waals surface area (Å²) in [6.45, 7) is 5.52. The van der Waals surface area contributed by atoms with Crippen molar-refractivity contribution in [2.24, 2.45) is 11.1 Å². The summed E-state index contributed by atoms with van der Waals surface area (Å²) in [6.07, 6.45) is 3.64. The van der Waals surface area contributed by atoms with Crippen LogP contribution in [0, 0.1) is 5.92 Å². The maximum absolute atomic E-state index is 12.3. The van der Waals surface area contributed by atoms with E-state index in [0.29, 0.717) is 12.8 Å². The van der Waals surface area contributed by atoms with Crippen LogP contribution in [-0.2, 0) is 19.1 Å². The van der Waals surface area contributed by atoms with Crippen molar-refractivity contribution in [3.8, 4) is 0 Å². The van der Waals surface area contributed by atoms with Gasteiger partial charge in [0.2, 0.25) is 0 Å². The first kappa shape index (κ1) is 18.3. The summed E-state index contributed by atoms with van der Waals surface area (Å²) in [5.41, 5.74) is -0.532. The molecule has 2 unspecified atom stereocenters. The zero-order valence-electron chi connectivity index (χ0n) is 13.8. The Morgan fingerprint density at radius 1 is 1.22 bits per heavy atom. The molecule has 2 aliphatic heterocycles. The molecule has 0 aromatic rings. The van der Waals surface area contributed by atoms with E-state index in [1.807, 2.05) is 20.8 Å². The number of oxime groups is 1. The third-order valence-corrected chi connectivity index (χ3v) is 4.66. The van der Waals surface area contributed by atoms with Gasteiger partial charge in [-0.3, -0.25) is 4.28 Å². The van der Waals surface area contributed by atoms with Crippen molar-refractivity contribution in [1.29, 1.82) is 0 Å². The summed E-state index contributed by atoms with van der Waals surface area (Å²) in [5, 5.41) is 3.64. The summed E-state index contributed by atoms with van der Waals surface area (Å²) in [7, 11) is -3.67. The molecule has 2 rings (SSSR count). The van der Waals surface area contributed by atoms with Gasteiger partial charge in [0.05, 0.1) is 6.26 Å². The molecule has 2 aliphatic rings. The monoisotopic (exact) mass is 366 g/mol. The predicted molar refractivity (Wildman–Crippen MR) is 86.8 cm³/mol. The summed E-state index contributed by atoms with van der Waals surface area (Å²) < 4.78 is 31.8. The molecule has 0 aromatic heterocycles. The molecule has 2 bridgehead atoms. The van der Waals surface area contributed by atoms with E-state index in [1.165, 1.54) is 0 Å². The Balaban J connectivity index is 2.03. The summed E-state index contributed by atoms with van der Waals surface area (Å²) in [6, 6.07) is 0.0755. The van der Waals surface area contributed by atoms with Crippen molar-refractivity contribution in [2.45, 2.75) is 64.1 Å². The first-order valence-electron chi connectivity index (χ1n) is 7.59. The molecule has 2 fully saturated rings. The molecule has 7 nitrogen and oxygen atoms in total. The number of rotatable bonds is 3. The standard InChI is InChI=1S/C14H23ClN2O5S/c1-14(2,3)21-13(18)17-10-5-6-11(17)8-9(7-10)12(15)16-22-23(4,19)20/h9-11H,5-8H2,1-4H3. The first-order chi connectivity index (χ1) is 10.5. The van der Waals surface area contributed by atoms with Crippen molar-refractivity contribution < 1.29 is 22.2 Å². The van der Waals surface area contributed by atoms with Crippen molar-refractivity contribution in [1.82, 2.24) is 4.90 Å². The van der Waals surface area contributed by atoms with E-state index >= 15 is 0 Å². The molecule has 0 spiro atoms. The Bertz CT molecular complexity index is 585. The van der Waals surface area contributed by atoms with E-state index in [1.54, 1.807) is 4.90 Å². The molecule has 23 heavy (non-hydrogen) atoms. The number of ether oxygens (including phenoxy) is 1. The van der Waals surface area contributed by atoms with Crippen molar-refractivity contribution in [3.05, 3.63) is 0 Å². The Morgan fingerprint density at radius 2 is 1.74 bits per heavy atom. The molecular formula is C14H23ClN2O5S. The number of piperidine rings is 1. The van der Waals surface area contributed by atoms with Gasteiger partial charge in [-0.1, -0.05) is 16.8 Å². The van der Waals surface area contributed by atoms with Gasteiger partial charge in [-0.2, -0.15) is 8.42 Å². The molecule has 2 heterocycles. The molecule has 0 aliphatic carbocycles. The van der Waals surface area contributed by atoms with Crippen LogP contribution in [-0.4, -0.2) is 48.5 Å². The summed E-state index contributed by atoms with van der Waals surface area (Å²) in [5.74, 6) is -0.102. The fourth-order valence-electron chi connectivity index (χ4n) is 3.16. The van der Waals surface area contributed by atoms with Gasteiger partial charge in [-0.15, -0.1) is 0 Å². The molecule has 1 amide bonds. The zero-order chi connectivity index (χ0) is 17.4. The quantitative estimate of drug-likeness (QED) is 0.566. The molecule has 0 radical (unpaired) electrons. The fraction of sp³-hybridized carbons (Fsp3) is 0.857.